The summed E-state index contributed by atoms with van der Waals surface area (Å²) in [5.74, 6) is -2.79. The van der Waals surface area contributed by atoms with Crippen molar-refractivity contribution in [2.24, 2.45) is 0 Å². The van der Waals surface area contributed by atoms with Gasteiger partial charge in [-0.05, 0) is 59.9 Å². The van der Waals surface area contributed by atoms with Gasteiger partial charge in [-0.15, -0.1) is 11.8 Å². The predicted molar refractivity (Wildman–Crippen MR) is 193 cm³/mol. The number of carbonyl (C=O) groups excluding carboxylic acids is 1. The highest BCUT2D eigenvalue weighted by Crippen LogP contribution is 2.32. The Morgan fingerprint density at radius 2 is 1.62 bits per heavy atom. The number of alkyl halides is 3. The summed E-state index contributed by atoms with van der Waals surface area (Å²) < 4.78 is 111. The Bertz CT molecular complexity index is 2250. The van der Waals surface area contributed by atoms with Crippen LogP contribution >= 0.6 is 11.8 Å². The quantitative estimate of drug-likeness (QED) is 0.0951. The normalized spacial score (nSPS) is 15.9. The van der Waals surface area contributed by atoms with Crippen LogP contribution in [0.4, 0.5) is 22.0 Å². The number of hydrogen-bond donors (Lipinski definition) is 0. The van der Waals surface area contributed by atoms with Crippen molar-refractivity contribution in [3.05, 3.63) is 136 Å². The largest absolute Gasteiger partial charge is 0.416 e. The van der Waals surface area contributed by atoms with Crippen LogP contribution in [-0.4, -0.2) is 59.6 Å². The fourth-order valence-corrected chi connectivity index (χ4v) is 7.17. The number of hydrogen-bond acceptors (Lipinski definition) is 5. The SMILES string of the molecule is [2H]C([2H])(COC)N1CCC(N(C(=O)Cn2c(SCc3cccc(F)c3F)cc(=O)c3ccccc32)C([2H])([2H])c2ccc(-c3ccc(C(F)(F)F)cc3)cc2)CC1. The molecule has 1 aliphatic rings. The number of para-hydroxylation sites is 1. The average molecular weight is 740 g/mol. The molecule has 0 aliphatic carbocycles. The van der Waals surface area contributed by atoms with Gasteiger partial charge in [0.1, 0.15) is 6.54 Å². The lowest BCUT2D eigenvalue weighted by molar-refractivity contribution is -0.137. The number of nitrogens with zero attached hydrogens (tertiary/aromatic N) is 3. The number of thioether (sulfide) groups is 1. The van der Waals surface area contributed by atoms with Crippen molar-refractivity contribution in [3.8, 4) is 11.1 Å². The van der Waals surface area contributed by atoms with Gasteiger partial charge in [-0.25, -0.2) is 8.78 Å². The molecule has 0 spiro atoms. The lowest BCUT2D eigenvalue weighted by Crippen LogP contribution is -2.48. The van der Waals surface area contributed by atoms with E-state index in [2.05, 4.69) is 0 Å². The molecule has 1 aliphatic heterocycles. The van der Waals surface area contributed by atoms with Crippen LogP contribution in [-0.2, 0) is 34.5 Å². The van der Waals surface area contributed by atoms with Gasteiger partial charge >= 0.3 is 6.18 Å². The monoisotopic (exact) mass is 739 g/mol. The van der Waals surface area contributed by atoms with Gasteiger partial charge in [0.25, 0.3) is 0 Å². The number of piperidine rings is 1. The summed E-state index contributed by atoms with van der Waals surface area (Å²) in [6, 6.07) is 21.6. The summed E-state index contributed by atoms with van der Waals surface area (Å²) in [4.78, 5) is 30.7. The number of carbonyl (C=O) groups is 1. The first-order chi connectivity index (χ1) is 26.5. The smallest absolute Gasteiger partial charge is 0.383 e. The molecule has 4 aromatic carbocycles. The second-order valence-corrected chi connectivity index (χ2v) is 13.3. The Balaban J connectivity index is 1.36. The van der Waals surface area contributed by atoms with Gasteiger partial charge in [-0.1, -0.05) is 60.7 Å². The van der Waals surface area contributed by atoms with Crippen LogP contribution in [0.15, 0.2) is 107 Å². The van der Waals surface area contributed by atoms with Crippen LogP contribution in [0.25, 0.3) is 22.0 Å². The van der Waals surface area contributed by atoms with E-state index in [1.165, 1.54) is 49.6 Å². The number of halogens is 5. The molecule has 0 N–H and O–H groups in total. The molecule has 6 rings (SSSR count). The van der Waals surface area contributed by atoms with Crippen LogP contribution < -0.4 is 5.43 Å². The molecule has 0 atom stereocenters. The van der Waals surface area contributed by atoms with Gasteiger partial charge in [0.2, 0.25) is 5.91 Å². The molecule has 52 heavy (non-hydrogen) atoms. The second kappa shape index (κ2) is 16.4. The molecular weight excluding hydrogens is 698 g/mol. The molecule has 0 saturated carbocycles. The zero-order chi connectivity index (χ0) is 40.4. The fraction of sp³-hybridized carbons (Fsp3) is 0.300. The number of rotatable bonds is 12. The minimum atomic E-state index is -4.50. The van der Waals surface area contributed by atoms with Crippen LogP contribution in [0.5, 0.6) is 0 Å². The maximum absolute atomic E-state index is 14.7. The van der Waals surface area contributed by atoms with Gasteiger partial charge in [0, 0.05) is 64.7 Å². The first kappa shape index (κ1) is 32.2. The molecular formula is C40H38F5N3O3S. The van der Waals surface area contributed by atoms with Gasteiger partial charge in [-0.3, -0.25) is 9.59 Å². The lowest BCUT2D eigenvalue weighted by Gasteiger charge is -2.39. The van der Waals surface area contributed by atoms with Crippen molar-refractivity contribution in [1.29, 1.82) is 0 Å². The molecule has 0 radical (unpaired) electrons. The summed E-state index contributed by atoms with van der Waals surface area (Å²) in [5, 5.41) is 0.568. The molecule has 1 fully saturated rings. The van der Waals surface area contributed by atoms with Crippen molar-refractivity contribution in [2.45, 2.75) is 48.9 Å². The van der Waals surface area contributed by atoms with E-state index < -0.39 is 54.9 Å². The second-order valence-electron chi connectivity index (χ2n) is 12.3. The minimum Gasteiger partial charge on any atom is -0.383 e. The summed E-state index contributed by atoms with van der Waals surface area (Å²) in [6.07, 6.45) is -4.08. The Labute approximate surface area is 308 Å². The van der Waals surface area contributed by atoms with Crippen LogP contribution in [0.2, 0.25) is 0 Å². The van der Waals surface area contributed by atoms with E-state index in [9.17, 15) is 34.3 Å². The molecule has 272 valence electrons. The predicted octanol–water partition coefficient (Wildman–Crippen LogP) is 8.40. The van der Waals surface area contributed by atoms with E-state index >= 15 is 0 Å². The van der Waals surface area contributed by atoms with E-state index in [0.717, 1.165) is 34.9 Å². The van der Waals surface area contributed by atoms with Crippen molar-refractivity contribution in [1.82, 2.24) is 14.4 Å². The van der Waals surface area contributed by atoms with E-state index in [-0.39, 0.29) is 59.9 Å². The third-order valence-corrected chi connectivity index (χ3v) is 9.98. The average Bonchev–Trinajstić information content (AvgIpc) is 3.16. The number of methoxy groups -OCH3 is 1. The molecule has 1 aromatic heterocycles. The van der Waals surface area contributed by atoms with Crippen molar-refractivity contribution in [2.75, 3.05) is 33.3 Å². The van der Waals surface area contributed by atoms with Crippen molar-refractivity contribution in [3.63, 3.8) is 0 Å². The maximum Gasteiger partial charge on any atom is 0.416 e. The molecule has 0 bridgehead atoms. The van der Waals surface area contributed by atoms with E-state index in [1.807, 2.05) is 0 Å². The minimum absolute atomic E-state index is 0.0475. The highest BCUT2D eigenvalue weighted by atomic mass is 32.2. The van der Waals surface area contributed by atoms with Gasteiger partial charge in [0.05, 0.1) is 25.5 Å². The Morgan fingerprint density at radius 3 is 2.29 bits per heavy atom. The van der Waals surface area contributed by atoms with Crippen molar-refractivity contribution >= 4 is 28.6 Å². The fourth-order valence-electron chi connectivity index (χ4n) is 6.13. The Morgan fingerprint density at radius 1 is 0.942 bits per heavy atom. The summed E-state index contributed by atoms with van der Waals surface area (Å²) in [5.41, 5.74) is 0.364. The van der Waals surface area contributed by atoms with Gasteiger partial charge in [-0.2, -0.15) is 13.2 Å². The number of pyridine rings is 1. The highest BCUT2D eigenvalue weighted by molar-refractivity contribution is 7.98. The highest BCUT2D eigenvalue weighted by Gasteiger charge is 2.31. The molecule has 1 amide bonds. The summed E-state index contributed by atoms with van der Waals surface area (Å²) in [6.45, 7) is -4.50. The molecule has 2 heterocycles. The topological polar surface area (TPSA) is 54.8 Å². The number of amides is 1. The molecule has 5 aromatic rings. The first-order valence-corrected chi connectivity index (χ1v) is 17.5. The first-order valence-electron chi connectivity index (χ1n) is 18.5. The molecule has 0 unspecified atom stereocenters. The van der Waals surface area contributed by atoms with Crippen LogP contribution in [0.1, 0.15) is 35.0 Å². The summed E-state index contributed by atoms with van der Waals surface area (Å²) in [7, 11) is 1.39. The Kier molecular flexibility index (Phi) is 10.2. The third kappa shape index (κ3) is 8.74. The zero-order valence-corrected chi connectivity index (χ0v) is 28.9. The number of fused-ring (bicyclic) bond motifs is 1. The molecule has 6 nitrogen and oxygen atoms in total. The number of aromatic nitrogens is 1. The maximum atomic E-state index is 14.7. The van der Waals surface area contributed by atoms with Crippen molar-refractivity contribution < 1.29 is 37.0 Å². The van der Waals surface area contributed by atoms with E-state index in [0.29, 0.717) is 22.0 Å². The van der Waals surface area contributed by atoms with Crippen LogP contribution in [0.3, 0.4) is 0 Å². The zero-order valence-electron chi connectivity index (χ0n) is 32.1. The molecule has 12 heteroatoms. The Hall–Kier alpha value is -4.52. The number of benzene rings is 4. The summed E-state index contributed by atoms with van der Waals surface area (Å²) >= 11 is 1.02. The number of likely N-dealkylation sites (tertiary alicyclic amines) is 1. The number of ether oxygens (including phenoxy) is 1. The molecule has 1 saturated heterocycles. The third-order valence-electron chi connectivity index (χ3n) is 8.89. The van der Waals surface area contributed by atoms with Crippen LogP contribution in [0, 0.1) is 11.6 Å². The van der Waals surface area contributed by atoms with E-state index in [1.54, 1.807) is 45.9 Å². The van der Waals surface area contributed by atoms with Gasteiger partial charge in [0.15, 0.2) is 17.1 Å². The lowest BCUT2D eigenvalue weighted by atomic mass is 10.00. The standard InChI is InChI=1S/C40H38F5N3O3S/c1-51-22-21-46-19-17-32(18-20-46)47(24-27-9-11-28(12-10-27)29-13-15-31(16-14-29)40(43,44)45)37(50)25-48-35-8-3-2-6-33(35)36(49)23-38(48)52-26-30-5-4-7-34(41)39(30)42/h2-16,23,32H,17-22,24-26H2,1H3/i21D2,24D2. The van der Waals surface area contributed by atoms with E-state index in [4.69, 9.17) is 7.48 Å². The van der Waals surface area contributed by atoms with Gasteiger partial charge < -0.3 is 19.1 Å².